The minimum atomic E-state index is 0.0555. The highest BCUT2D eigenvalue weighted by molar-refractivity contribution is 7.13. The zero-order valence-corrected chi connectivity index (χ0v) is 10.9. The minimum absolute atomic E-state index is 0.0555. The summed E-state index contributed by atoms with van der Waals surface area (Å²) < 4.78 is 5.38. The van der Waals surface area contributed by atoms with Crippen LogP contribution in [-0.4, -0.2) is 17.2 Å². The van der Waals surface area contributed by atoms with Gasteiger partial charge in [-0.1, -0.05) is 19.9 Å². The maximum atomic E-state index is 9.28. The van der Waals surface area contributed by atoms with Crippen LogP contribution >= 0.6 is 11.3 Å². The van der Waals surface area contributed by atoms with Crippen LogP contribution in [0.4, 0.5) is 0 Å². The molecule has 1 aromatic heterocycles. The van der Waals surface area contributed by atoms with Crippen LogP contribution in [0.25, 0.3) is 10.6 Å². The van der Waals surface area contributed by atoms with Crippen molar-refractivity contribution in [3.05, 3.63) is 29.1 Å². The van der Waals surface area contributed by atoms with Gasteiger partial charge >= 0.3 is 0 Å². The molecular formula is C13H15NO2S. The molecule has 0 aliphatic heterocycles. The number of aromatic hydroxyl groups is 1. The monoisotopic (exact) mass is 249 g/mol. The molecule has 3 nitrogen and oxygen atoms in total. The summed E-state index contributed by atoms with van der Waals surface area (Å²) in [6, 6.07) is 6.09. The Hall–Kier alpha value is -1.55. The Bertz CT molecular complexity index is 520. The number of hydrogen-bond acceptors (Lipinski definition) is 4. The van der Waals surface area contributed by atoms with Gasteiger partial charge in [-0.3, -0.25) is 0 Å². The van der Waals surface area contributed by atoms with Crippen molar-refractivity contribution in [2.75, 3.05) is 7.11 Å². The third-order valence-electron chi connectivity index (χ3n) is 2.61. The Balaban J connectivity index is 2.48. The van der Waals surface area contributed by atoms with Gasteiger partial charge in [0.2, 0.25) is 5.88 Å². The fourth-order valence-electron chi connectivity index (χ4n) is 1.63. The molecule has 0 aliphatic rings. The standard InChI is InChI=1S/C13H15NO2S/c1-8(2)9-4-5-10(11(6-9)16-3)13-14-12(15)7-17-13/h4-8,15H,1-3H3. The van der Waals surface area contributed by atoms with Crippen LogP contribution in [0.1, 0.15) is 25.3 Å². The highest BCUT2D eigenvalue weighted by atomic mass is 32.1. The van der Waals surface area contributed by atoms with Gasteiger partial charge in [0.05, 0.1) is 18.1 Å². The van der Waals surface area contributed by atoms with E-state index in [4.69, 9.17) is 4.74 Å². The lowest BCUT2D eigenvalue weighted by Gasteiger charge is -2.11. The van der Waals surface area contributed by atoms with Gasteiger partial charge in [-0.25, -0.2) is 4.98 Å². The van der Waals surface area contributed by atoms with E-state index in [1.165, 1.54) is 16.9 Å². The second-order valence-electron chi connectivity index (χ2n) is 4.13. The molecule has 0 bridgehead atoms. The van der Waals surface area contributed by atoms with Crippen molar-refractivity contribution in [1.29, 1.82) is 0 Å². The topological polar surface area (TPSA) is 42.4 Å². The Morgan fingerprint density at radius 3 is 2.65 bits per heavy atom. The smallest absolute Gasteiger partial charge is 0.222 e. The molecule has 90 valence electrons. The van der Waals surface area contributed by atoms with Crippen LogP contribution in [0.3, 0.4) is 0 Å². The summed E-state index contributed by atoms with van der Waals surface area (Å²) in [4.78, 5) is 4.06. The van der Waals surface area contributed by atoms with Crippen molar-refractivity contribution in [2.24, 2.45) is 0 Å². The van der Waals surface area contributed by atoms with Gasteiger partial charge in [-0.15, -0.1) is 11.3 Å². The van der Waals surface area contributed by atoms with E-state index in [2.05, 4.69) is 24.9 Å². The number of benzene rings is 1. The zero-order valence-electron chi connectivity index (χ0n) is 10.1. The normalized spacial score (nSPS) is 10.8. The minimum Gasteiger partial charge on any atom is -0.496 e. The summed E-state index contributed by atoms with van der Waals surface area (Å²) in [5.74, 6) is 1.31. The summed E-state index contributed by atoms with van der Waals surface area (Å²) in [6.07, 6.45) is 0. The fraction of sp³-hybridized carbons (Fsp3) is 0.308. The Morgan fingerprint density at radius 2 is 2.12 bits per heavy atom. The van der Waals surface area contributed by atoms with E-state index < -0.39 is 0 Å². The molecule has 0 radical (unpaired) electrons. The van der Waals surface area contributed by atoms with Gasteiger partial charge in [0.1, 0.15) is 10.8 Å². The average Bonchev–Trinajstić information content (AvgIpc) is 2.74. The van der Waals surface area contributed by atoms with E-state index in [0.29, 0.717) is 5.92 Å². The molecular weight excluding hydrogens is 234 g/mol. The molecule has 17 heavy (non-hydrogen) atoms. The SMILES string of the molecule is COc1cc(C(C)C)ccc1-c1nc(O)cs1. The van der Waals surface area contributed by atoms with Crippen molar-refractivity contribution < 1.29 is 9.84 Å². The first-order chi connectivity index (χ1) is 8.11. The van der Waals surface area contributed by atoms with E-state index in [-0.39, 0.29) is 5.88 Å². The van der Waals surface area contributed by atoms with Gasteiger partial charge in [-0.2, -0.15) is 0 Å². The zero-order chi connectivity index (χ0) is 12.4. The number of methoxy groups -OCH3 is 1. The first kappa shape index (κ1) is 11.9. The first-order valence-corrected chi connectivity index (χ1v) is 6.32. The lowest BCUT2D eigenvalue weighted by Crippen LogP contribution is -1.92. The molecule has 0 atom stereocenters. The van der Waals surface area contributed by atoms with E-state index in [9.17, 15) is 5.11 Å². The summed E-state index contributed by atoms with van der Waals surface area (Å²) in [5, 5.41) is 11.7. The van der Waals surface area contributed by atoms with Crippen LogP contribution in [-0.2, 0) is 0 Å². The van der Waals surface area contributed by atoms with Crippen molar-refractivity contribution in [3.8, 4) is 22.2 Å². The number of aromatic nitrogens is 1. The molecule has 0 spiro atoms. The van der Waals surface area contributed by atoms with E-state index in [1.54, 1.807) is 12.5 Å². The molecule has 2 rings (SSSR count). The van der Waals surface area contributed by atoms with Crippen molar-refractivity contribution >= 4 is 11.3 Å². The van der Waals surface area contributed by atoms with Crippen molar-refractivity contribution in [2.45, 2.75) is 19.8 Å². The molecule has 0 saturated heterocycles. The number of rotatable bonds is 3. The molecule has 1 heterocycles. The van der Waals surface area contributed by atoms with Gasteiger partial charge in [0.15, 0.2) is 0 Å². The second kappa shape index (κ2) is 4.75. The van der Waals surface area contributed by atoms with Crippen molar-refractivity contribution in [3.63, 3.8) is 0 Å². The lowest BCUT2D eigenvalue weighted by atomic mass is 10.0. The largest absolute Gasteiger partial charge is 0.496 e. The first-order valence-electron chi connectivity index (χ1n) is 5.44. The third kappa shape index (κ3) is 2.42. The maximum absolute atomic E-state index is 9.28. The highest BCUT2D eigenvalue weighted by Gasteiger charge is 2.11. The van der Waals surface area contributed by atoms with Gasteiger partial charge in [-0.05, 0) is 23.6 Å². The third-order valence-corrected chi connectivity index (χ3v) is 3.48. The Kier molecular flexibility index (Phi) is 3.33. The molecule has 0 amide bonds. The number of thiazole rings is 1. The fourth-order valence-corrected chi connectivity index (χ4v) is 2.34. The predicted octanol–water partition coefficient (Wildman–Crippen LogP) is 3.65. The maximum Gasteiger partial charge on any atom is 0.222 e. The molecule has 1 N–H and O–H groups in total. The average molecular weight is 249 g/mol. The predicted molar refractivity (Wildman–Crippen MR) is 69.9 cm³/mol. The molecule has 0 saturated carbocycles. The molecule has 4 heteroatoms. The molecule has 1 aromatic carbocycles. The van der Waals surface area contributed by atoms with Crippen LogP contribution < -0.4 is 4.74 Å². The summed E-state index contributed by atoms with van der Waals surface area (Å²) in [6.45, 7) is 4.29. The van der Waals surface area contributed by atoms with Gasteiger partial charge in [0.25, 0.3) is 0 Å². The van der Waals surface area contributed by atoms with Crippen LogP contribution in [0.15, 0.2) is 23.6 Å². The van der Waals surface area contributed by atoms with E-state index in [0.717, 1.165) is 16.3 Å². The molecule has 0 fully saturated rings. The summed E-state index contributed by atoms with van der Waals surface area (Å²) in [5.41, 5.74) is 2.15. The van der Waals surface area contributed by atoms with Crippen LogP contribution in [0.5, 0.6) is 11.6 Å². The van der Waals surface area contributed by atoms with Gasteiger partial charge in [0, 0.05) is 0 Å². The number of ether oxygens (including phenoxy) is 1. The molecule has 2 aromatic rings. The van der Waals surface area contributed by atoms with Gasteiger partial charge < -0.3 is 9.84 Å². The molecule has 0 unspecified atom stereocenters. The quantitative estimate of drug-likeness (QED) is 0.902. The number of hydrogen-bond donors (Lipinski definition) is 1. The summed E-state index contributed by atoms with van der Waals surface area (Å²) >= 11 is 1.41. The van der Waals surface area contributed by atoms with Crippen molar-refractivity contribution in [1.82, 2.24) is 4.98 Å². The van der Waals surface area contributed by atoms with Crippen LogP contribution in [0, 0.1) is 0 Å². The summed E-state index contributed by atoms with van der Waals surface area (Å²) in [7, 11) is 1.65. The molecule has 0 aliphatic carbocycles. The second-order valence-corrected chi connectivity index (χ2v) is 4.98. The number of nitrogens with zero attached hydrogens (tertiary/aromatic N) is 1. The Morgan fingerprint density at radius 1 is 1.35 bits per heavy atom. The van der Waals surface area contributed by atoms with E-state index >= 15 is 0 Å². The lowest BCUT2D eigenvalue weighted by molar-refractivity contribution is 0.415. The van der Waals surface area contributed by atoms with E-state index in [1.807, 2.05) is 12.1 Å². The van der Waals surface area contributed by atoms with Crippen LogP contribution in [0.2, 0.25) is 0 Å². The Labute approximate surface area is 105 Å². The highest BCUT2D eigenvalue weighted by Crippen LogP contribution is 2.35.